The van der Waals surface area contributed by atoms with Gasteiger partial charge in [0.1, 0.15) is 5.75 Å². The molecule has 0 aliphatic heterocycles. The van der Waals surface area contributed by atoms with E-state index in [2.05, 4.69) is 10.3 Å². The molecule has 21 heavy (non-hydrogen) atoms. The second-order valence-corrected chi connectivity index (χ2v) is 5.73. The van der Waals surface area contributed by atoms with Gasteiger partial charge in [0.15, 0.2) is 11.7 Å². The molecular weight excluding hydrogens is 288 g/mol. The SMILES string of the molecule is COc1cc(Cl)ccc1-c1cnc(CCCNC2CC2)o1. The van der Waals surface area contributed by atoms with E-state index in [1.807, 2.05) is 12.1 Å². The minimum Gasteiger partial charge on any atom is -0.496 e. The zero-order valence-electron chi connectivity index (χ0n) is 12.1. The Labute approximate surface area is 129 Å². The Morgan fingerprint density at radius 3 is 3.05 bits per heavy atom. The molecule has 0 unspecified atom stereocenters. The normalized spacial score (nSPS) is 14.4. The third kappa shape index (κ3) is 3.77. The molecule has 0 bridgehead atoms. The predicted octanol–water partition coefficient (Wildman–Crippen LogP) is 3.69. The van der Waals surface area contributed by atoms with Crippen LogP contribution in [0.1, 0.15) is 25.2 Å². The first-order valence-electron chi connectivity index (χ1n) is 7.28. The monoisotopic (exact) mass is 306 g/mol. The van der Waals surface area contributed by atoms with E-state index in [4.69, 9.17) is 20.8 Å². The van der Waals surface area contributed by atoms with Crippen LogP contribution in [0.5, 0.6) is 5.75 Å². The Kier molecular flexibility index (Phi) is 4.46. The van der Waals surface area contributed by atoms with Crippen LogP contribution in [0.4, 0.5) is 0 Å². The van der Waals surface area contributed by atoms with Gasteiger partial charge in [0.25, 0.3) is 0 Å². The van der Waals surface area contributed by atoms with Crippen LogP contribution in [-0.2, 0) is 6.42 Å². The number of aromatic nitrogens is 1. The van der Waals surface area contributed by atoms with E-state index in [-0.39, 0.29) is 0 Å². The highest BCUT2D eigenvalue weighted by Gasteiger charge is 2.19. The van der Waals surface area contributed by atoms with Gasteiger partial charge in [0.2, 0.25) is 0 Å². The fourth-order valence-corrected chi connectivity index (χ4v) is 2.41. The molecule has 2 aromatic rings. The van der Waals surface area contributed by atoms with Crippen LogP contribution in [0, 0.1) is 0 Å². The Balaban J connectivity index is 1.63. The molecule has 4 nitrogen and oxygen atoms in total. The molecule has 3 rings (SSSR count). The van der Waals surface area contributed by atoms with E-state index in [9.17, 15) is 0 Å². The molecule has 0 radical (unpaired) electrons. The molecule has 1 fully saturated rings. The second kappa shape index (κ2) is 6.50. The molecule has 1 N–H and O–H groups in total. The van der Waals surface area contributed by atoms with Crippen LogP contribution < -0.4 is 10.1 Å². The van der Waals surface area contributed by atoms with Crippen molar-refractivity contribution in [2.45, 2.75) is 31.7 Å². The van der Waals surface area contributed by atoms with Crippen molar-refractivity contribution in [1.29, 1.82) is 0 Å². The van der Waals surface area contributed by atoms with Gasteiger partial charge in [-0.3, -0.25) is 0 Å². The standard InChI is InChI=1S/C16H19ClN2O2/c1-20-14-9-11(17)4-7-13(14)15-10-19-16(21-15)3-2-8-18-12-5-6-12/h4,7,9-10,12,18H,2-3,5-6,8H2,1H3. The molecule has 1 aliphatic carbocycles. The minimum atomic E-state index is 0.640. The molecule has 5 heteroatoms. The number of methoxy groups -OCH3 is 1. The number of oxazole rings is 1. The number of benzene rings is 1. The number of rotatable bonds is 7. The Morgan fingerprint density at radius 1 is 1.43 bits per heavy atom. The topological polar surface area (TPSA) is 47.3 Å². The lowest BCUT2D eigenvalue weighted by molar-refractivity contribution is 0.413. The van der Waals surface area contributed by atoms with Gasteiger partial charge < -0.3 is 14.5 Å². The first-order chi connectivity index (χ1) is 10.3. The van der Waals surface area contributed by atoms with E-state index >= 15 is 0 Å². The zero-order chi connectivity index (χ0) is 14.7. The average Bonchev–Trinajstić information content (AvgIpc) is 3.20. The van der Waals surface area contributed by atoms with E-state index < -0.39 is 0 Å². The van der Waals surface area contributed by atoms with Crippen LogP contribution >= 0.6 is 11.6 Å². The first kappa shape index (κ1) is 14.4. The van der Waals surface area contributed by atoms with Crippen LogP contribution in [0.25, 0.3) is 11.3 Å². The third-order valence-corrected chi connectivity index (χ3v) is 3.80. The van der Waals surface area contributed by atoms with Crippen molar-refractivity contribution >= 4 is 11.6 Å². The highest BCUT2D eigenvalue weighted by atomic mass is 35.5. The Morgan fingerprint density at radius 2 is 2.29 bits per heavy atom. The Bertz CT molecular complexity index is 608. The van der Waals surface area contributed by atoms with Gasteiger partial charge in [-0.15, -0.1) is 0 Å². The van der Waals surface area contributed by atoms with Crippen LogP contribution in [0.3, 0.4) is 0 Å². The van der Waals surface area contributed by atoms with Crippen molar-refractivity contribution in [3.63, 3.8) is 0 Å². The van der Waals surface area contributed by atoms with Crippen molar-refractivity contribution in [2.24, 2.45) is 0 Å². The van der Waals surface area contributed by atoms with Gasteiger partial charge in [-0.05, 0) is 44.0 Å². The summed E-state index contributed by atoms with van der Waals surface area (Å²) in [6, 6.07) is 6.24. The maximum Gasteiger partial charge on any atom is 0.194 e. The number of nitrogens with zero attached hydrogens (tertiary/aromatic N) is 1. The largest absolute Gasteiger partial charge is 0.496 e. The average molecular weight is 307 g/mol. The first-order valence-corrected chi connectivity index (χ1v) is 7.66. The summed E-state index contributed by atoms with van der Waals surface area (Å²) in [6.07, 6.45) is 6.26. The van der Waals surface area contributed by atoms with Gasteiger partial charge in [0.05, 0.1) is 18.9 Å². The van der Waals surface area contributed by atoms with Crippen molar-refractivity contribution in [3.05, 3.63) is 35.3 Å². The molecule has 0 spiro atoms. The summed E-state index contributed by atoms with van der Waals surface area (Å²) in [5.41, 5.74) is 0.872. The summed E-state index contributed by atoms with van der Waals surface area (Å²) in [5, 5.41) is 4.13. The van der Waals surface area contributed by atoms with Crippen molar-refractivity contribution in [3.8, 4) is 17.1 Å². The van der Waals surface area contributed by atoms with Crippen molar-refractivity contribution in [1.82, 2.24) is 10.3 Å². The highest BCUT2D eigenvalue weighted by Crippen LogP contribution is 2.32. The second-order valence-electron chi connectivity index (χ2n) is 5.29. The van der Waals surface area contributed by atoms with Gasteiger partial charge in [-0.1, -0.05) is 11.6 Å². The fourth-order valence-electron chi connectivity index (χ4n) is 2.25. The lowest BCUT2D eigenvalue weighted by Crippen LogP contribution is -2.17. The number of hydrogen-bond donors (Lipinski definition) is 1. The van der Waals surface area contributed by atoms with Gasteiger partial charge in [-0.2, -0.15) is 0 Å². The van der Waals surface area contributed by atoms with Gasteiger partial charge in [-0.25, -0.2) is 4.98 Å². The molecule has 1 aliphatic rings. The molecule has 1 aromatic carbocycles. The molecule has 0 saturated heterocycles. The molecule has 1 aromatic heterocycles. The third-order valence-electron chi connectivity index (χ3n) is 3.56. The number of ether oxygens (including phenoxy) is 1. The highest BCUT2D eigenvalue weighted by molar-refractivity contribution is 6.30. The summed E-state index contributed by atoms with van der Waals surface area (Å²) in [6.45, 7) is 1.02. The molecule has 1 saturated carbocycles. The minimum absolute atomic E-state index is 0.640. The summed E-state index contributed by atoms with van der Waals surface area (Å²) < 4.78 is 11.2. The maximum atomic E-state index is 5.97. The lowest BCUT2D eigenvalue weighted by atomic mass is 10.1. The van der Waals surface area contributed by atoms with Gasteiger partial charge in [0, 0.05) is 17.5 Å². The fraction of sp³-hybridized carbons (Fsp3) is 0.438. The molecular formula is C16H19ClN2O2. The summed E-state index contributed by atoms with van der Waals surface area (Å²) in [7, 11) is 1.62. The zero-order valence-corrected chi connectivity index (χ0v) is 12.8. The number of hydrogen-bond acceptors (Lipinski definition) is 4. The summed E-state index contributed by atoms with van der Waals surface area (Å²) in [4.78, 5) is 4.34. The summed E-state index contributed by atoms with van der Waals surface area (Å²) >= 11 is 5.97. The lowest BCUT2D eigenvalue weighted by Gasteiger charge is -2.05. The molecule has 0 atom stereocenters. The quantitative estimate of drug-likeness (QED) is 0.793. The van der Waals surface area contributed by atoms with Gasteiger partial charge >= 0.3 is 0 Å². The van der Waals surface area contributed by atoms with Crippen molar-refractivity contribution in [2.75, 3.05) is 13.7 Å². The smallest absolute Gasteiger partial charge is 0.194 e. The van der Waals surface area contributed by atoms with E-state index in [0.29, 0.717) is 16.5 Å². The van der Waals surface area contributed by atoms with Crippen molar-refractivity contribution < 1.29 is 9.15 Å². The maximum absolute atomic E-state index is 5.97. The predicted molar refractivity (Wildman–Crippen MR) is 82.8 cm³/mol. The molecule has 0 amide bonds. The molecule has 1 heterocycles. The van der Waals surface area contributed by atoms with E-state index in [0.717, 1.165) is 36.9 Å². The number of halogens is 1. The number of aryl methyl sites for hydroxylation is 1. The summed E-state index contributed by atoms with van der Waals surface area (Å²) in [5.74, 6) is 2.17. The van der Waals surface area contributed by atoms with Crippen LogP contribution in [0.2, 0.25) is 5.02 Å². The van der Waals surface area contributed by atoms with E-state index in [1.165, 1.54) is 12.8 Å². The van der Waals surface area contributed by atoms with E-state index in [1.54, 1.807) is 19.4 Å². The molecule has 112 valence electrons. The number of nitrogens with one attached hydrogen (secondary N) is 1. The van der Waals surface area contributed by atoms with Crippen LogP contribution in [-0.4, -0.2) is 24.7 Å². The van der Waals surface area contributed by atoms with Crippen LogP contribution in [0.15, 0.2) is 28.8 Å². The Hall–Kier alpha value is -1.52.